The van der Waals surface area contributed by atoms with Crippen LogP contribution < -0.4 is 4.74 Å². The number of aliphatic hydroxyl groups excluding tert-OH is 1. The molecule has 9 heteroatoms. The molecule has 2 aromatic rings. The average molecular weight is 376 g/mol. The van der Waals surface area contributed by atoms with E-state index in [0.717, 1.165) is 5.69 Å². The van der Waals surface area contributed by atoms with E-state index in [1.165, 1.54) is 4.90 Å². The molecule has 2 amide bonds. The van der Waals surface area contributed by atoms with Crippen molar-refractivity contribution in [2.24, 2.45) is 0 Å². The SMILES string of the molecule is CCOc1ccc(C(=O)N2CCn3nc([C@H](O)CC(=O)N(C)C)cc3C2)o1. The lowest BCUT2D eigenvalue weighted by Gasteiger charge is -2.26. The normalized spacial score (nSPS) is 14.6. The minimum atomic E-state index is -0.971. The molecule has 0 aliphatic carbocycles. The van der Waals surface area contributed by atoms with Crippen LogP contribution in [0.5, 0.6) is 5.95 Å². The van der Waals surface area contributed by atoms with Crippen LogP contribution >= 0.6 is 0 Å². The van der Waals surface area contributed by atoms with Gasteiger partial charge in [0, 0.05) is 26.7 Å². The molecule has 1 N–H and O–H groups in total. The molecule has 3 rings (SSSR count). The lowest BCUT2D eigenvalue weighted by atomic mass is 10.1. The van der Waals surface area contributed by atoms with E-state index in [1.807, 2.05) is 6.92 Å². The van der Waals surface area contributed by atoms with Crippen LogP contribution in [0.1, 0.15) is 41.4 Å². The second-order valence-electron chi connectivity index (χ2n) is 6.57. The molecule has 3 heterocycles. The third-order valence-electron chi connectivity index (χ3n) is 4.39. The van der Waals surface area contributed by atoms with Gasteiger partial charge in [-0.15, -0.1) is 0 Å². The fraction of sp³-hybridized carbons (Fsp3) is 0.500. The molecule has 146 valence electrons. The van der Waals surface area contributed by atoms with E-state index in [9.17, 15) is 14.7 Å². The second kappa shape index (κ2) is 7.83. The van der Waals surface area contributed by atoms with Gasteiger partial charge in [0.25, 0.3) is 11.9 Å². The number of hydrogen-bond donors (Lipinski definition) is 1. The number of amides is 2. The van der Waals surface area contributed by atoms with Crippen LogP contribution in [0.15, 0.2) is 22.6 Å². The summed E-state index contributed by atoms with van der Waals surface area (Å²) in [6.45, 7) is 3.64. The summed E-state index contributed by atoms with van der Waals surface area (Å²) in [5.41, 5.74) is 1.24. The second-order valence-corrected chi connectivity index (χ2v) is 6.57. The molecule has 9 nitrogen and oxygen atoms in total. The van der Waals surface area contributed by atoms with E-state index >= 15 is 0 Å². The Morgan fingerprint density at radius 2 is 2.15 bits per heavy atom. The third-order valence-corrected chi connectivity index (χ3v) is 4.39. The number of aliphatic hydroxyl groups is 1. The van der Waals surface area contributed by atoms with Crippen molar-refractivity contribution in [3.63, 3.8) is 0 Å². The maximum absolute atomic E-state index is 12.6. The van der Waals surface area contributed by atoms with Gasteiger partial charge in [-0.1, -0.05) is 0 Å². The van der Waals surface area contributed by atoms with Crippen LogP contribution in [0.4, 0.5) is 0 Å². The smallest absolute Gasteiger partial charge is 0.290 e. The van der Waals surface area contributed by atoms with Crippen molar-refractivity contribution in [2.45, 2.75) is 32.5 Å². The first-order valence-corrected chi connectivity index (χ1v) is 8.85. The highest BCUT2D eigenvalue weighted by atomic mass is 16.6. The molecule has 0 aromatic carbocycles. The summed E-state index contributed by atoms with van der Waals surface area (Å²) in [6.07, 6.45) is -1.00. The van der Waals surface area contributed by atoms with Crippen LogP contribution in [0.3, 0.4) is 0 Å². The fourth-order valence-electron chi connectivity index (χ4n) is 2.89. The molecule has 27 heavy (non-hydrogen) atoms. The molecule has 0 saturated carbocycles. The number of carbonyl (C=O) groups excluding carboxylic acids is 2. The van der Waals surface area contributed by atoms with Crippen LogP contribution in [0.25, 0.3) is 0 Å². The Hall–Kier alpha value is -2.81. The van der Waals surface area contributed by atoms with E-state index in [-0.39, 0.29) is 24.0 Å². The van der Waals surface area contributed by atoms with Gasteiger partial charge in [-0.25, -0.2) is 0 Å². The predicted molar refractivity (Wildman–Crippen MR) is 95.1 cm³/mol. The van der Waals surface area contributed by atoms with Crippen molar-refractivity contribution in [1.29, 1.82) is 0 Å². The van der Waals surface area contributed by atoms with Crippen molar-refractivity contribution in [3.05, 3.63) is 35.3 Å². The summed E-state index contributed by atoms with van der Waals surface area (Å²) in [5.74, 6) is 0.147. The Morgan fingerprint density at radius 3 is 2.85 bits per heavy atom. The maximum Gasteiger partial charge on any atom is 0.290 e. The Kier molecular flexibility index (Phi) is 5.50. The van der Waals surface area contributed by atoms with E-state index < -0.39 is 6.10 Å². The number of rotatable bonds is 6. The first-order chi connectivity index (χ1) is 12.9. The minimum absolute atomic E-state index is 0.0291. The number of hydrogen-bond acceptors (Lipinski definition) is 6. The van der Waals surface area contributed by atoms with Crippen molar-refractivity contribution >= 4 is 11.8 Å². The van der Waals surface area contributed by atoms with Crippen LogP contribution in [-0.4, -0.2) is 63.7 Å². The first-order valence-electron chi connectivity index (χ1n) is 8.85. The lowest BCUT2D eigenvalue weighted by molar-refractivity contribution is -0.130. The van der Waals surface area contributed by atoms with E-state index in [1.54, 1.807) is 41.9 Å². The monoisotopic (exact) mass is 376 g/mol. The molecule has 1 aliphatic rings. The molecule has 0 radical (unpaired) electrons. The van der Waals surface area contributed by atoms with Crippen molar-refractivity contribution in [2.75, 3.05) is 27.2 Å². The van der Waals surface area contributed by atoms with E-state index in [4.69, 9.17) is 9.15 Å². The molecule has 0 bridgehead atoms. The van der Waals surface area contributed by atoms with Crippen molar-refractivity contribution in [3.8, 4) is 5.95 Å². The molecule has 0 unspecified atom stereocenters. The van der Waals surface area contributed by atoms with Gasteiger partial charge in [-0.2, -0.15) is 5.10 Å². The molecular weight excluding hydrogens is 352 g/mol. The Morgan fingerprint density at radius 1 is 1.37 bits per heavy atom. The average Bonchev–Trinajstić information content (AvgIpc) is 3.27. The summed E-state index contributed by atoms with van der Waals surface area (Å²) in [6, 6.07) is 4.96. The lowest BCUT2D eigenvalue weighted by Crippen LogP contribution is -2.38. The highest BCUT2D eigenvalue weighted by Gasteiger charge is 2.27. The maximum atomic E-state index is 12.6. The number of ether oxygens (including phenoxy) is 1. The number of fused-ring (bicyclic) bond motifs is 1. The zero-order chi connectivity index (χ0) is 19.6. The predicted octanol–water partition coefficient (Wildman–Crippen LogP) is 1.04. The van der Waals surface area contributed by atoms with Gasteiger partial charge >= 0.3 is 0 Å². The van der Waals surface area contributed by atoms with Gasteiger partial charge in [-0.3, -0.25) is 14.3 Å². The zero-order valence-corrected chi connectivity index (χ0v) is 15.7. The van der Waals surface area contributed by atoms with Crippen LogP contribution in [0, 0.1) is 0 Å². The van der Waals surface area contributed by atoms with E-state index in [2.05, 4.69) is 5.10 Å². The minimum Gasteiger partial charge on any atom is -0.465 e. The summed E-state index contributed by atoms with van der Waals surface area (Å²) in [4.78, 5) is 27.5. The fourth-order valence-corrected chi connectivity index (χ4v) is 2.89. The first kappa shape index (κ1) is 19.0. The molecule has 0 spiro atoms. The molecule has 1 atom stereocenters. The van der Waals surface area contributed by atoms with Crippen molar-refractivity contribution in [1.82, 2.24) is 19.6 Å². The summed E-state index contributed by atoms with van der Waals surface area (Å²) < 4.78 is 12.4. The standard InChI is InChI=1S/C18H24N4O5/c1-4-26-17-6-5-15(27-17)18(25)21-7-8-22-12(11-21)9-13(19-22)14(23)10-16(24)20(2)3/h5-6,9,14,23H,4,7-8,10-11H2,1-3H3/t14-/m1/s1. The van der Waals surface area contributed by atoms with Gasteiger partial charge in [0.15, 0.2) is 5.76 Å². The van der Waals surface area contributed by atoms with Crippen LogP contribution in [0.2, 0.25) is 0 Å². The van der Waals surface area contributed by atoms with Crippen molar-refractivity contribution < 1.29 is 23.8 Å². The number of nitrogens with zero attached hydrogens (tertiary/aromatic N) is 4. The van der Waals surface area contributed by atoms with E-state index in [0.29, 0.717) is 37.9 Å². The summed E-state index contributed by atoms with van der Waals surface area (Å²) in [5, 5.41) is 14.6. The number of furan rings is 1. The Labute approximate surface area is 157 Å². The van der Waals surface area contributed by atoms with Gasteiger partial charge in [0.05, 0.1) is 37.5 Å². The molecule has 0 saturated heterocycles. The quantitative estimate of drug-likeness (QED) is 0.808. The highest BCUT2D eigenvalue weighted by Crippen LogP contribution is 2.23. The largest absolute Gasteiger partial charge is 0.465 e. The third kappa shape index (κ3) is 4.13. The van der Waals surface area contributed by atoms with Gasteiger partial charge in [0.2, 0.25) is 5.91 Å². The number of aromatic nitrogens is 2. The molecule has 2 aromatic heterocycles. The van der Waals surface area contributed by atoms with Gasteiger partial charge in [0.1, 0.15) is 6.10 Å². The Balaban J connectivity index is 1.68. The molecule has 1 aliphatic heterocycles. The van der Waals surface area contributed by atoms with Gasteiger partial charge in [-0.05, 0) is 19.1 Å². The van der Waals surface area contributed by atoms with Gasteiger partial charge < -0.3 is 24.1 Å². The Bertz CT molecular complexity index is 826. The molecule has 0 fully saturated rings. The summed E-state index contributed by atoms with van der Waals surface area (Å²) >= 11 is 0. The summed E-state index contributed by atoms with van der Waals surface area (Å²) in [7, 11) is 3.28. The van der Waals surface area contributed by atoms with Crippen LogP contribution in [-0.2, 0) is 17.9 Å². The topological polar surface area (TPSA) is 101 Å². The number of carbonyl (C=O) groups is 2. The molecular formula is C18H24N4O5. The highest BCUT2D eigenvalue weighted by molar-refractivity contribution is 5.91. The zero-order valence-electron chi connectivity index (χ0n) is 15.7.